The van der Waals surface area contributed by atoms with Crippen LogP contribution >= 0.6 is 0 Å². The Morgan fingerprint density at radius 1 is 1.33 bits per heavy atom. The van der Waals surface area contributed by atoms with Crippen molar-refractivity contribution >= 4 is 11.7 Å². The van der Waals surface area contributed by atoms with Gasteiger partial charge >= 0.3 is 5.97 Å². The summed E-state index contributed by atoms with van der Waals surface area (Å²) in [5.41, 5.74) is 5.68. The zero-order valence-corrected chi connectivity index (χ0v) is 10.6. The zero-order valence-electron chi connectivity index (χ0n) is 10.6. The summed E-state index contributed by atoms with van der Waals surface area (Å²) in [4.78, 5) is 15.6. The molecule has 5 nitrogen and oxygen atoms in total. The number of ether oxygens (including phenoxy) is 1. The Morgan fingerprint density at radius 3 is 2.76 bits per heavy atom. The minimum Gasteiger partial charge on any atom is -0.457 e. The lowest BCUT2D eigenvalue weighted by molar-refractivity contribution is 0.0473. The van der Waals surface area contributed by atoms with Crippen LogP contribution in [0, 0.1) is 23.0 Å². The van der Waals surface area contributed by atoms with Gasteiger partial charge in [-0.2, -0.15) is 5.26 Å². The fourth-order valence-electron chi connectivity index (χ4n) is 1.59. The summed E-state index contributed by atoms with van der Waals surface area (Å²) in [6.45, 7) is -0.144. The fourth-order valence-corrected chi connectivity index (χ4v) is 1.59. The molecule has 0 saturated carbocycles. The summed E-state index contributed by atoms with van der Waals surface area (Å²) >= 11 is 0. The molecule has 2 aromatic rings. The molecule has 21 heavy (non-hydrogen) atoms. The molecule has 2 N–H and O–H groups in total. The molecule has 0 saturated heterocycles. The van der Waals surface area contributed by atoms with Crippen LogP contribution in [0.4, 0.5) is 14.5 Å². The van der Waals surface area contributed by atoms with Gasteiger partial charge in [0, 0.05) is 18.0 Å². The second-order valence-corrected chi connectivity index (χ2v) is 4.09. The van der Waals surface area contributed by atoms with Crippen LogP contribution in [0.1, 0.15) is 21.6 Å². The molecule has 1 aromatic carbocycles. The molecule has 0 amide bonds. The molecule has 0 spiro atoms. The molecule has 0 bridgehead atoms. The van der Waals surface area contributed by atoms with Crippen molar-refractivity contribution in [3.63, 3.8) is 0 Å². The first kappa shape index (κ1) is 14.4. The first-order chi connectivity index (χ1) is 10.0. The van der Waals surface area contributed by atoms with E-state index in [2.05, 4.69) is 4.98 Å². The number of carbonyl (C=O) groups is 1. The van der Waals surface area contributed by atoms with Crippen molar-refractivity contribution in [2.75, 3.05) is 5.73 Å². The number of esters is 1. The van der Waals surface area contributed by atoms with Gasteiger partial charge in [0.25, 0.3) is 0 Å². The van der Waals surface area contributed by atoms with Gasteiger partial charge in [-0.3, -0.25) is 0 Å². The summed E-state index contributed by atoms with van der Waals surface area (Å²) in [6, 6.07) is 6.25. The van der Waals surface area contributed by atoms with Gasteiger partial charge < -0.3 is 10.5 Å². The Balaban J connectivity index is 2.12. The topological polar surface area (TPSA) is 89.0 Å². The maximum atomic E-state index is 13.1. The van der Waals surface area contributed by atoms with Crippen LogP contribution in [0.25, 0.3) is 0 Å². The normalized spacial score (nSPS) is 9.95. The minimum absolute atomic E-state index is 0.144. The van der Waals surface area contributed by atoms with Crippen LogP contribution < -0.4 is 5.73 Å². The van der Waals surface area contributed by atoms with E-state index in [-0.39, 0.29) is 23.6 Å². The second-order valence-electron chi connectivity index (χ2n) is 4.09. The highest BCUT2D eigenvalue weighted by Crippen LogP contribution is 2.18. The molecule has 0 radical (unpaired) electrons. The lowest BCUT2D eigenvalue weighted by atomic mass is 10.1. The van der Waals surface area contributed by atoms with Gasteiger partial charge in [0.1, 0.15) is 18.4 Å². The number of hydrogen-bond acceptors (Lipinski definition) is 5. The van der Waals surface area contributed by atoms with Gasteiger partial charge in [-0.15, -0.1) is 0 Å². The highest BCUT2D eigenvalue weighted by atomic mass is 19.2. The van der Waals surface area contributed by atoms with Crippen molar-refractivity contribution in [3.8, 4) is 6.07 Å². The summed E-state index contributed by atoms with van der Waals surface area (Å²) in [7, 11) is 0. The Bertz CT molecular complexity index is 741. The number of benzene rings is 1. The Labute approximate surface area is 118 Å². The van der Waals surface area contributed by atoms with Gasteiger partial charge in [-0.05, 0) is 23.8 Å². The molecule has 2 rings (SSSR count). The van der Waals surface area contributed by atoms with Crippen LogP contribution in [0.15, 0.2) is 30.5 Å². The van der Waals surface area contributed by atoms with E-state index in [1.807, 2.05) is 6.07 Å². The molecule has 0 unspecified atom stereocenters. The van der Waals surface area contributed by atoms with Crippen molar-refractivity contribution in [2.45, 2.75) is 6.61 Å². The third-order valence-corrected chi connectivity index (χ3v) is 2.62. The van der Waals surface area contributed by atoms with Crippen molar-refractivity contribution in [2.24, 2.45) is 0 Å². The molecular formula is C14H9F2N3O2. The number of hydrogen-bond donors (Lipinski definition) is 1. The maximum absolute atomic E-state index is 13.1. The highest BCUT2D eigenvalue weighted by Gasteiger charge is 2.15. The van der Waals surface area contributed by atoms with Crippen LogP contribution in [0.5, 0.6) is 0 Å². The quantitative estimate of drug-likeness (QED) is 0.691. The van der Waals surface area contributed by atoms with Gasteiger partial charge in [-0.1, -0.05) is 0 Å². The van der Waals surface area contributed by atoms with Gasteiger partial charge in [0.05, 0.1) is 5.56 Å². The predicted octanol–water partition coefficient (Wildman–Crippen LogP) is 2.17. The summed E-state index contributed by atoms with van der Waals surface area (Å²) in [5, 5.41) is 8.70. The van der Waals surface area contributed by atoms with Crippen LogP contribution in [0.3, 0.4) is 0 Å². The highest BCUT2D eigenvalue weighted by molar-refractivity contribution is 5.95. The SMILES string of the molecule is N#Cc1cc(COC(=O)c2cc(F)c(F)cc2N)ccn1. The standard InChI is InChI=1S/C14H9F2N3O2/c15-11-4-10(13(18)5-12(11)16)14(20)21-7-8-1-2-19-9(3-8)6-17/h1-5H,7,18H2. The monoisotopic (exact) mass is 289 g/mol. The van der Waals surface area contributed by atoms with Crippen molar-refractivity contribution in [3.05, 3.63) is 58.9 Å². The zero-order chi connectivity index (χ0) is 15.4. The number of halogens is 2. The summed E-state index contributed by atoms with van der Waals surface area (Å²) in [5.74, 6) is -3.22. The molecule has 0 aliphatic heterocycles. The Kier molecular flexibility index (Phi) is 4.09. The number of anilines is 1. The number of nitrogens with two attached hydrogens (primary N) is 1. The van der Waals surface area contributed by atoms with Crippen molar-refractivity contribution in [1.82, 2.24) is 4.98 Å². The number of nitrogen functional groups attached to an aromatic ring is 1. The maximum Gasteiger partial charge on any atom is 0.340 e. The van der Waals surface area contributed by atoms with E-state index < -0.39 is 17.6 Å². The smallest absolute Gasteiger partial charge is 0.340 e. The first-order valence-corrected chi connectivity index (χ1v) is 5.78. The molecule has 0 fully saturated rings. The second kappa shape index (κ2) is 5.96. The summed E-state index contributed by atoms with van der Waals surface area (Å²) < 4.78 is 31.0. The predicted molar refractivity (Wildman–Crippen MR) is 68.8 cm³/mol. The molecule has 7 heteroatoms. The largest absolute Gasteiger partial charge is 0.457 e. The van der Waals surface area contributed by atoms with Crippen LogP contribution in [-0.4, -0.2) is 11.0 Å². The number of carbonyl (C=O) groups excluding carboxylic acids is 1. The number of aromatic nitrogens is 1. The minimum atomic E-state index is -1.19. The summed E-state index contributed by atoms with van der Waals surface area (Å²) in [6.07, 6.45) is 1.40. The molecule has 0 aliphatic rings. The molecule has 1 aromatic heterocycles. The number of nitrogens with zero attached hydrogens (tertiary/aromatic N) is 2. The Morgan fingerprint density at radius 2 is 2.05 bits per heavy atom. The van der Waals surface area contributed by atoms with E-state index >= 15 is 0 Å². The van der Waals surface area contributed by atoms with Gasteiger partial charge in [-0.25, -0.2) is 18.6 Å². The Hall–Kier alpha value is -3.01. The van der Waals surface area contributed by atoms with Gasteiger partial charge in [0.2, 0.25) is 0 Å². The molecular weight excluding hydrogens is 280 g/mol. The van der Waals surface area contributed by atoms with E-state index in [9.17, 15) is 13.6 Å². The van der Waals surface area contributed by atoms with Gasteiger partial charge in [0.15, 0.2) is 11.6 Å². The van der Waals surface area contributed by atoms with Crippen LogP contribution in [-0.2, 0) is 11.3 Å². The molecule has 0 atom stereocenters. The lowest BCUT2D eigenvalue weighted by Gasteiger charge is -2.07. The van der Waals surface area contributed by atoms with E-state index in [1.54, 1.807) is 6.07 Å². The average Bonchev–Trinajstić information content (AvgIpc) is 2.48. The van der Waals surface area contributed by atoms with E-state index in [0.29, 0.717) is 17.7 Å². The number of nitriles is 1. The lowest BCUT2D eigenvalue weighted by Crippen LogP contribution is -2.09. The van der Waals surface area contributed by atoms with E-state index in [1.165, 1.54) is 12.3 Å². The third-order valence-electron chi connectivity index (χ3n) is 2.62. The molecule has 0 aliphatic carbocycles. The molecule has 1 heterocycles. The van der Waals surface area contributed by atoms with E-state index in [0.717, 1.165) is 0 Å². The average molecular weight is 289 g/mol. The number of rotatable bonds is 3. The van der Waals surface area contributed by atoms with E-state index in [4.69, 9.17) is 15.7 Å². The third kappa shape index (κ3) is 3.30. The fraction of sp³-hybridized carbons (Fsp3) is 0.0714. The van der Waals surface area contributed by atoms with Crippen LogP contribution in [0.2, 0.25) is 0 Å². The molecule has 106 valence electrons. The number of pyridine rings is 1. The van der Waals surface area contributed by atoms with Crippen molar-refractivity contribution in [1.29, 1.82) is 5.26 Å². The van der Waals surface area contributed by atoms with Crippen molar-refractivity contribution < 1.29 is 18.3 Å². The first-order valence-electron chi connectivity index (χ1n) is 5.78.